The number of carbonyl (C=O) groups is 2. The second-order valence-corrected chi connectivity index (χ2v) is 6.03. The summed E-state index contributed by atoms with van der Waals surface area (Å²) in [5.74, 6) is 0.926. The molecule has 1 saturated heterocycles. The largest absolute Gasteiger partial charge is 0.493 e. The number of amides is 1. The zero-order valence-corrected chi connectivity index (χ0v) is 15.8. The van der Waals surface area contributed by atoms with Crippen LogP contribution in [-0.2, 0) is 9.53 Å². The van der Waals surface area contributed by atoms with Crippen molar-refractivity contribution in [2.24, 2.45) is 0 Å². The van der Waals surface area contributed by atoms with Crippen LogP contribution >= 0.6 is 0 Å². The first kappa shape index (κ1) is 20.0. The Hall–Kier alpha value is -2.28. The first-order valence-electron chi connectivity index (χ1n) is 9.07. The van der Waals surface area contributed by atoms with Crippen molar-refractivity contribution in [2.75, 3.05) is 53.0 Å². The van der Waals surface area contributed by atoms with Crippen LogP contribution < -0.4 is 9.47 Å². The first-order valence-corrected chi connectivity index (χ1v) is 9.07. The SMILES string of the molecule is CCOC(=O)CN1CCCN(C(=O)c2ccc(OC)c(OCC)c2)CC1. The summed E-state index contributed by atoms with van der Waals surface area (Å²) in [7, 11) is 1.58. The number of hydrogen-bond donors (Lipinski definition) is 0. The average molecular weight is 364 g/mol. The molecule has 0 bridgehead atoms. The molecule has 2 rings (SSSR count). The third-order valence-electron chi connectivity index (χ3n) is 4.24. The smallest absolute Gasteiger partial charge is 0.320 e. The molecular weight excluding hydrogens is 336 g/mol. The predicted octanol–water partition coefficient (Wildman–Crippen LogP) is 1.80. The van der Waals surface area contributed by atoms with E-state index in [9.17, 15) is 9.59 Å². The van der Waals surface area contributed by atoms with Gasteiger partial charge in [-0.05, 0) is 38.5 Å². The van der Waals surface area contributed by atoms with Crippen molar-refractivity contribution in [3.05, 3.63) is 23.8 Å². The molecule has 1 aromatic carbocycles. The standard InChI is InChI=1S/C19H28N2O5/c1-4-25-17-13-15(7-8-16(17)24-3)19(23)21-10-6-9-20(11-12-21)14-18(22)26-5-2/h7-8,13H,4-6,9-12,14H2,1-3H3. The number of nitrogens with zero attached hydrogens (tertiary/aromatic N) is 2. The Balaban J connectivity index is 2.01. The number of esters is 1. The quantitative estimate of drug-likeness (QED) is 0.688. The maximum Gasteiger partial charge on any atom is 0.320 e. The van der Waals surface area contributed by atoms with E-state index in [1.165, 1.54) is 0 Å². The summed E-state index contributed by atoms with van der Waals surface area (Å²) in [5.41, 5.74) is 0.577. The molecule has 7 heteroatoms. The van der Waals surface area contributed by atoms with E-state index in [4.69, 9.17) is 14.2 Å². The molecule has 0 spiro atoms. The third kappa shape index (κ3) is 5.36. The lowest BCUT2D eigenvalue weighted by molar-refractivity contribution is -0.144. The van der Waals surface area contributed by atoms with Gasteiger partial charge in [-0.3, -0.25) is 14.5 Å². The molecule has 0 saturated carbocycles. The molecule has 1 heterocycles. The van der Waals surface area contributed by atoms with Crippen molar-refractivity contribution in [3.63, 3.8) is 0 Å². The molecule has 0 radical (unpaired) electrons. The predicted molar refractivity (Wildman–Crippen MR) is 97.8 cm³/mol. The average Bonchev–Trinajstić information content (AvgIpc) is 2.87. The van der Waals surface area contributed by atoms with Crippen molar-refractivity contribution < 1.29 is 23.8 Å². The molecule has 0 N–H and O–H groups in total. The van der Waals surface area contributed by atoms with Crippen LogP contribution in [0.1, 0.15) is 30.6 Å². The van der Waals surface area contributed by atoms with Gasteiger partial charge in [0.2, 0.25) is 0 Å². The van der Waals surface area contributed by atoms with Crippen LogP contribution in [-0.4, -0.2) is 74.7 Å². The molecule has 0 aromatic heterocycles. The molecule has 1 amide bonds. The van der Waals surface area contributed by atoms with Gasteiger partial charge in [0, 0.05) is 31.7 Å². The van der Waals surface area contributed by atoms with Gasteiger partial charge in [-0.1, -0.05) is 0 Å². The van der Waals surface area contributed by atoms with Gasteiger partial charge in [-0.15, -0.1) is 0 Å². The van der Waals surface area contributed by atoms with Gasteiger partial charge in [-0.25, -0.2) is 0 Å². The van der Waals surface area contributed by atoms with Crippen LogP contribution in [0.4, 0.5) is 0 Å². The second-order valence-electron chi connectivity index (χ2n) is 6.03. The maximum atomic E-state index is 12.9. The molecule has 0 atom stereocenters. The summed E-state index contributed by atoms with van der Waals surface area (Å²) in [6.45, 7) is 7.51. The van der Waals surface area contributed by atoms with E-state index in [0.717, 1.165) is 13.0 Å². The molecule has 0 aliphatic carbocycles. The van der Waals surface area contributed by atoms with Crippen molar-refractivity contribution in [3.8, 4) is 11.5 Å². The fourth-order valence-electron chi connectivity index (χ4n) is 2.98. The Labute approximate surface area is 154 Å². The van der Waals surface area contributed by atoms with Gasteiger partial charge in [0.25, 0.3) is 5.91 Å². The van der Waals surface area contributed by atoms with E-state index in [-0.39, 0.29) is 18.4 Å². The molecule has 7 nitrogen and oxygen atoms in total. The fourth-order valence-corrected chi connectivity index (χ4v) is 2.98. The van der Waals surface area contributed by atoms with Crippen molar-refractivity contribution in [1.82, 2.24) is 9.80 Å². The van der Waals surface area contributed by atoms with E-state index in [0.29, 0.717) is 49.9 Å². The lowest BCUT2D eigenvalue weighted by Gasteiger charge is -2.22. The van der Waals surface area contributed by atoms with E-state index in [2.05, 4.69) is 0 Å². The number of carbonyl (C=O) groups excluding carboxylic acids is 2. The summed E-state index contributed by atoms with van der Waals surface area (Å²) in [4.78, 5) is 28.4. The molecule has 144 valence electrons. The normalized spacial score (nSPS) is 15.3. The monoisotopic (exact) mass is 364 g/mol. The van der Waals surface area contributed by atoms with E-state index in [1.54, 1.807) is 32.2 Å². The zero-order chi connectivity index (χ0) is 18.9. The summed E-state index contributed by atoms with van der Waals surface area (Å²) in [6.07, 6.45) is 0.819. The number of ether oxygens (including phenoxy) is 3. The van der Waals surface area contributed by atoms with Crippen molar-refractivity contribution in [2.45, 2.75) is 20.3 Å². The highest BCUT2D eigenvalue weighted by Gasteiger charge is 2.22. The number of benzene rings is 1. The van der Waals surface area contributed by atoms with Gasteiger partial charge >= 0.3 is 5.97 Å². The molecule has 1 aliphatic heterocycles. The number of hydrogen-bond acceptors (Lipinski definition) is 6. The Kier molecular flexibility index (Phi) is 7.72. The first-order chi connectivity index (χ1) is 12.6. The van der Waals surface area contributed by atoms with Gasteiger partial charge in [-0.2, -0.15) is 0 Å². The Bertz CT molecular complexity index is 620. The van der Waals surface area contributed by atoms with Crippen LogP contribution in [0.3, 0.4) is 0 Å². The van der Waals surface area contributed by atoms with Gasteiger partial charge in [0.05, 0.1) is 26.9 Å². The highest BCUT2D eigenvalue weighted by molar-refractivity contribution is 5.95. The highest BCUT2D eigenvalue weighted by atomic mass is 16.5. The highest BCUT2D eigenvalue weighted by Crippen LogP contribution is 2.28. The summed E-state index contributed by atoms with van der Waals surface area (Å²) < 4.78 is 15.8. The molecule has 0 unspecified atom stereocenters. The maximum absolute atomic E-state index is 12.9. The van der Waals surface area contributed by atoms with Crippen LogP contribution in [0.15, 0.2) is 18.2 Å². The third-order valence-corrected chi connectivity index (χ3v) is 4.24. The molecule has 1 fully saturated rings. The topological polar surface area (TPSA) is 68.3 Å². The molecular formula is C19H28N2O5. The minimum Gasteiger partial charge on any atom is -0.493 e. The van der Waals surface area contributed by atoms with Crippen LogP contribution in [0.25, 0.3) is 0 Å². The number of rotatable bonds is 7. The zero-order valence-electron chi connectivity index (χ0n) is 15.8. The minimum atomic E-state index is -0.219. The fraction of sp³-hybridized carbons (Fsp3) is 0.579. The lowest BCUT2D eigenvalue weighted by atomic mass is 10.1. The lowest BCUT2D eigenvalue weighted by Crippen LogP contribution is -2.37. The van der Waals surface area contributed by atoms with Gasteiger partial charge in [0.1, 0.15) is 0 Å². The molecule has 1 aromatic rings. The van der Waals surface area contributed by atoms with Crippen LogP contribution in [0, 0.1) is 0 Å². The number of methoxy groups -OCH3 is 1. The Morgan fingerprint density at radius 3 is 2.54 bits per heavy atom. The van der Waals surface area contributed by atoms with Crippen molar-refractivity contribution in [1.29, 1.82) is 0 Å². The molecule has 1 aliphatic rings. The second kappa shape index (κ2) is 10.0. The van der Waals surface area contributed by atoms with Crippen molar-refractivity contribution >= 4 is 11.9 Å². The molecule has 26 heavy (non-hydrogen) atoms. The van der Waals surface area contributed by atoms with E-state index >= 15 is 0 Å². The van der Waals surface area contributed by atoms with Gasteiger partial charge < -0.3 is 19.1 Å². The summed E-state index contributed by atoms with van der Waals surface area (Å²) >= 11 is 0. The van der Waals surface area contributed by atoms with Gasteiger partial charge in [0.15, 0.2) is 11.5 Å². The van der Waals surface area contributed by atoms with E-state index in [1.807, 2.05) is 16.7 Å². The Morgan fingerprint density at radius 2 is 1.85 bits per heavy atom. The Morgan fingerprint density at radius 1 is 1.04 bits per heavy atom. The van der Waals surface area contributed by atoms with E-state index < -0.39 is 0 Å². The summed E-state index contributed by atoms with van der Waals surface area (Å²) in [6, 6.07) is 5.24. The summed E-state index contributed by atoms with van der Waals surface area (Å²) in [5, 5.41) is 0. The van der Waals surface area contributed by atoms with Crippen LogP contribution in [0.2, 0.25) is 0 Å². The minimum absolute atomic E-state index is 0.0356. The van der Waals surface area contributed by atoms with Crippen LogP contribution in [0.5, 0.6) is 11.5 Å².